The second-order valence-corrected chi connectivity index (χ2v) is 2.64. The fraction of sp³-hybridized carbons (Fsp3) is 0.300. The van der Waals surface area contributed by atoms with Crippen molar-refractivity contribution in [2.75, 3.05) is 13.7 Å². The summed E-state index contributed by atoms with van der Waals surface area (Å²) in [6.07, 6.45) is 2.23. The highest BCUT2D eigenvalue weighted by atomic mass is 19.1. The molecule has 0 heterocycles. The molecule has 0 aliphatic rings. The fourth-order valence-corrected chi connectivity index (χ4v) is 1.07. The highest BCUT2D eigenvalue weighted by Crippen LogP contribution is 2.18. The van der Waals surface area contributed by atoms with Crippen LogP contribution >= 0.6 is 0 Å². The Hall–Kier alpha value is -1.09. The molecular formula is C10H12FO2. The molecule has 1 aromatic rings. The molecule has 0 spiro atoms. The predicted molar refractivity (Wildman–Crippen MR) is 48.0 cm³/mol. The molecule has 0 fully saturated rings. The van der Waals surface area contributed by atoms with Crippen molar-refractivity contribution >= 4 is 0 Å². The normalized spacial score (nSPS) is 10.1. The van der Waals surface area contributed by atoms with Gasteiger partial charge >= 0.3 is 0 Å². The van der Waals surface area contributed by atoms with E-state index in [2.05, 4.69) is 0 Å². The predicted octanol–water partition coefficient (Wildman–Crippen LogP) is 1.57. The molecule has 0 amide bonds. The Balaban J connectivity index is 2.71. The minimum Gasteiger partial charge on any atom is -0.494 e. The first kappa shape index (κ1) is 9.99. The third-order valence-corrected chi connectivity index (χ3v) is 1.73. The Bertz CT molecular complexity index is 274. The number of rotatable bonds is 4. The topological polar surface area (TPSA) is 29.5 Å². The van der Waals surface area contributed by atoms with Gasteiger partial charge in [0, 0.05) is 6.61 Å². The maximum absolute atomic E-state index is 13.1. The van der Waals surface area contributed by atoms with Crippen molar-refractivity contribution in [2.24, 2.45) is 0 Å². The third-order valence-electron chi connectivity index (χ3n) is 1.73. The molecule has 0 unspecified atom stereocenters. The molecule has 1 rings (SSSR count). The van der Waals surface area contributed by atoms with E-state index in [9.17, 15) is 4.39 Å². The van der Waals surface area contributed by atoms with E-state index in [1.54, 1.807) is 18.6 Å². The zero-order valence-electron chi connectivity index (χ0n) is 7.46. The van der Waals surface area contributed by atoms with Gasteiger partial charge in [0.2, 0.25) is 0 Å². The summed E-state index contributed by atoms with van der Waals surface area (Å²) in [5.41, 5.74) is 0.826. The Morgan fingerprint density at radius 3 is 2.85 bits per heavy atom. The molecule has 2 nitrogen and oxygen atoms in total. The van der Waals surface area contributed by atoms with E-state index in [0.29, 0.717) is 6.42 Å². The second-order valence-electron chi connectivity index (χ2n) is 2.64. The lowest BCUT2D eigenvalue weighted by Gasteiger charge is -2.03. The number of ether oxygens (including phenoxy) is 1. The fourth-order valence-electron chi connectivity index (χ4n) is 1.07. The molecular weight excluding hydrogens is 171 g/mol. The van der Waals surface area contributed by atoms with E-state index in [-0.39, 0.29) is 18.2 Å². The zero-order valence-corrected chi connectivity index (χ0v) is 7.46. The van der Waals surface area contributed by atoms with Crippen LogP contribution in [0.2, 0.25) is 0 Å². The highest BCUT2D eigenvalue weighted by molar-refractivity contribution is 5.29. The first-order valence-corrected chi connectivity index (χ1v) is 4.03. The van der Waals surface area contributed by atoms with Gasteiger partial charge in [-0.3, -0.25) is 0 Å². The second kappa shape index (κ2) is 4.82. The smallest absolute Gasteiger partial charge is 0.165 e. The molecule has 3 heteroatoms. The first-order chi connectivity index (χ1) is 6.27. The van der Waals surface area contributed by atoms with E-state index in [1.807, 2.05) is 0 Å². The van der Waals surface area contributed by atoms with Crippen molar-refractivity contribution in [1.29, 1.82) is 0 Å². The van der Waals surface area contributed by atoms with Gasteiger partial charge in [-0.1, -0.05) is 6.07 Å². The molecule has 0 atom stereocenters. The van der Waals surface area contributed by atoms with Crippen molar-refractivity contribution in [3.63, 3.8) is 0 Å². The van der Waals surface area contributed by atoms with Gasteiger partial charge in [-0.15, -0.1) is 0 Å². The summed E-state index contributed by atoms with van der Waals surface area (Å²) in [5.74, 6) is -0.126. The highest BCUT2D eigenvalue weighted by Gasteiger charge is 2.02. The van der Waals surface area contributed by atoms with Crippen LogP contribution in [-0.4, -0.2) is 18.8 Å². The Kier molecular flexibility index (Phi) is 3.71. The van der Waals surface area contributed by atoms with Crippen LogP contribution in [0.3, 0.4) is 0 Å². The van der Waals surface area contributed by atoms with Gasteiger partial charge in [0.05, 0.1) is 7.11 Å². The molecule has 0 aliphatic heterocycles. The Morgan fingerprint density at radius 2 is 2.31 bits per heavy atom. The van der Waals surface area contributed by atoms with Crippen LogP contribution in [0.1, 0.15) is 5.56 Å². The minimum absolute atomic E-state index is 0.00759. The molecule has 0 aromatic heterocycles. The summed E-state index contributed by atoms with van der Waals surface area (Å²) < 4.78 is 17.8. The lowest BCUT2D eigenvalue weighted by molar-refractivity contribution is 0.325. The van der Waals surface area contributed by atoms with Gasteiger partial charge in [-0.25, -0.2) is 4.39 Å². The average molecular weight is 183 g/mol. The number of aliphatic hydroxyl groups excluding tert-OH is 1. The Labute approximate surface area is 77.0 Å². The largest absolute Gasteiger partial charge is 0.494 e. The zero-order chi connectivity index (χ0) is 9.68. The van der Waals surface area contributed by atoms with Gasteiger partial charge in [-0.2, -0.15) is 0 Å². The Morgan fingerprint density at radius 1 is 1.54 bits per heavy atom. The van der Waals surface area contributed by atoms with Crippen LogP contribution in [0, 0.1) is 12.2 Å². The quantitative estimate of drug-likeness (QED) is 0.767. The molecule has 0 saturated heterocycles. The lowest BCUT2D eigenvalue weighted by Crippen LogP contribution is -1.93. The lowest BCUT2D eigenvalue weighted by atomic mass is 10.1. The van der Waals surface area contributed by atoms with Crippen LogP contribution in [-0.2, 0) is 6.42 Å². The van der Waals surface area contributed by atoms with E-state index in [0.717, 1.165) is 5.56 Å². The first-order valence-electron chi connectivity index (χ1n) is 4.03. The van der Waals surface area contributed by atoms with Gasteiger partial charge in [0.15, 0.2) is 11.6 Å². The van der Waals surface area contributed by atoms with Crippen molar-refractivity contribution in [1.82, 2.24) is 0 Å². The summed E-state index contributed by atoms with van der Waals surface area (Å²) in [4.78, 5) is 0. The van der Waals surface area contributed by atoms with E-state index in [1.165, 1.54) is 13.2 Å². The van der Waals surface area contributed by atoms with E-state index < -0.39 is 0 Å². The summed E-state index contributed by atoms with van der Waals surface area (Å²) >= 11 is 0. The van der Waals surface area contributed by atoms with Gasteiger partial charge < -0.3 is 9.84 Å². The molecule has 0 aliphatic carbocycles. The summed E-state index contributed by atoms with van der Waals surface area (Å²) in [7, 11) is 1.43. The van der Waals surface area contributed by atoms with Crippen LogP contribution in [0.4, 0.5) is 4.39 Å². The van der Waals surface area contributed by atoms with Crippen LogP contribution in [0.15, 0.2) is 18.2 Å². The molecule has 0 saturated carbocycles. The van der Waals surface area contributed by atoms with Crippen molar-refractivity contribution in [2.45, 2.75) is 6.42 Å². The number of hydrogen-bond acceptors (Lipinski definition) is 2. The van der Waals surface area contributed by atoms with E-state index >= 15 is 0 Å². The number of halogens is 1. The molecule has 71 valence electrons. The standard InChI is InChI=1S/C10H12FO2/c1-13-10-5-4-8(3-2-6-12)7-9(10)11/h2,4-5,7,12H,3,6H2,1H3. The van der Waals surface area contributed by atoms with Crippen LogP contribution < -0.4 is 4.74 Å². The number of hydrogen-bond donors (Lipinski definition) is 1. The van der Waals surface area contributed by atoms with Crippen LogP contribution in [0.5, 0.6) is 5.75 Å². The summed E-state index contributed by atoms with van der Waals surface area (Å²) in [6, 6.07) is 4.76. The maximum atomic E-state index is 13.1. The SMILES string of the molecule is COc1ccc(C[CH]CO)cc1F. The third kappa shape index (κ3) is 2.70. The summed E-state index contributed by atoms with van der Waals surface area (Å²) in [6.45, 7) is 0.00759. The number of methoxy groups -OCH3 is 1. The molecule has 1 aromatic carbocycles. The minimum atomic E-state index is -0.369. The molecule has 1 radical (unpaired) electrons. The van der Waals surface area contributed by atoms with Crippen molar-refractivity contribution in [3.8, 4) is 5.75 Å². The number of aliphatic hydroxyl groups is 1. The van der Waals surface area contributed by atoms with Crippen molar-refractivity contribution < 1.29 is 14.2 Å². The van der Waals surface area contributed by atoms with Gasteiger partial charge in [0.1, 0.15) is 0 Å². The van der Waals surface area contributed by atoms with Gasteiger partial charge in [-0.05, 0) is 30.5 Å². The molecule has 1 N–H and O–H groups in total. The molecule has 13 heavy (non-hydrogen) atoms. The number of benzene rings is 1. The van der Waals surface area contributed by atoms with E-state index in [4.69, 9.17) is 9.84 Å². The maximum Gasteiger partial charge on any atom is 0.165 e. The van der Waals surface area contributed by atoms with Gasteiger partial charge in [0.25, 0.3) is 0 Å². The summed E-state index contributed by atoms with van der Waals surface area (Å²) in [5, 5.41) is 8.52. The van der Waals surface area contributed by atoms with Crippen LogP contribution in [0.25, 0.3) is 0 Å². The average Bonchev–Trinajstić information content (AvgIpc) is 2.15. The van der Waals surface area contributed by atoms with Crippen molar-refractivity contribution in [3.05, 3.63) is 36.0 Å². The monoisotopic (exact) mass is 183 g/mol. The molecule has 0 bridgehead atoms.